The Balaban J connectivity index is 2.47. The lowest BCUT2D eigenvalue weighted by molar-refractivity contribution is 0.412. The summed E-state index contributed by atoms with van der Waals surface area (Å²) in [5.74, 6) is 0.786. The first-order valence-corrected chi connectivity index (χ1v) is 9.36. The largest absolute Gasteiger partial charge is 0.496 e. The van der Waals surface area contributed by atoms with Crippen molar-refractivity contribution in [3.05, 3.63) is 22.7 Å². The highest BCUT2D eigenvalue weighted by Gasteiger charge is 2.11. The van der Waals surface area contributed by atoms with Gasteiger partial charge in [0.15, 0.2) is 0 Å². The monoisotopic (exact) mass is 378 g/mol. The van der Waals surface area contributed by atoms with Crippen LogP contribution in [0.2, 0.25) is 0 Å². The van der Waals surface area contributed by atoms with Gasteiger partial charge in [-0.1, -0.05) is 13.8 Å². The van der Waals surface area contributed by atoms with Crippen molar-refractivity contribution in [2.75, 3.05) is 24.1 Å². The van der Waals surface area contributed by atoms with E-state index in [1.54, 1.807) is 25.3 Å². The number of sulfonamides is 1. The van der Waals surface area contributed by atoms with Crippen LogP contribution in [-0.4, -0.2) is 33.9 Å². The molecule has 1 rings (SSSR count). The summed E-state index contributed by atoms with van der Waals surface area (Å²) in [5.41, 5.74) is 0.531. The third-order valence-electron chi connectivity index (χ3n) is 2.82. The van der Waals surface area contributed by atoms with Gasteiger partial charge in [0.05, 0.1) is 17.3 Å². The highest BCUT2D eigenvalue weighted by molar-refractivity contribution is 9.10. The predicted octanol–water partition coefficient (Wildman–Crippen LogP) is 2.98. The Hall–Kier alpha value is -0.790. The van der Waals surface area contributed by atoms with E-state index in [1.165, 1.54) is 0 Å². The average Bonchev–Trinajstić information content (AvgIpc) is 2.37. The van der Waals surface area contributed by atoms with E-state index in [0.29, 0.717) is 28.4 Å². The summed E-state index contributed by atoms with van der Waals surface area (Å²) in [6, 6.07) is 5.52. The van der Waals surface area contributed by atoms with Crippen molar-refractivity contribution < 1.29 is 13.2 Å². The number of rotatable bonds is 9. The number of hydrogen-bond donors (Lipinski definition) is 2. The fraction of sp³-hybridized carbons (Fsp3) is 0.571. The fourth-order valence-corrected chi connectivity index (χ4v) is 3.48. The molecule has 1 aromatic carbocycles. The van der Waals surface area contributed by atoms with Crippen molar-refractivity contribution in [1.29, 1.82) is 0 Å². The van der Waals surface area contributed by atoms with E-state index in [0.717, 1.165) is 13.0 Å². The lowest BCUT2D eigenvalue weighted by atomic mass is 10.3. The molecule has 120 valence electrons. The zero-order valence-electron chi connectivity index (χ0n) is 12.6. The normalized spacial score (nSPS) is 11.7. The number of methoxy groups -OCH3 is 1. The number of hydrogen-bond acceptors (Lipinski definition) is 4. The molecule has 0 spiro atoms. The molecule has 5 nitrogen and oxygen atoms in total. The summed E-state index contributed by atoms with van der Waals surface area (Å²) in [6.07, 6.45) is 1.47. The lowest BCUT2D eigenvalue weighted by Gasteiger charge is -2.11. The summed E-state index contributed by atoms with van der Waals surface area (Å²) in [6.45, 7) is 4.97. The molecule has 0 atom stereocenters. The number of ether oxygens (including phenoxy) is 1. The van der Waals surface area contributed by atoms with Crippen molar-refractivity contribution in [2.45, 2.75) is 32.7 Å². The first-order valence-electron chi connectivity index (χ1n) is 6.91. The smallest absolute Gasteiger partial charge is 0.232 e. The van der Waals surface area contributed by atoms with Crippen LogP contribution in [0.3, 0.4) is 0 Å². The Morgan fingerprint density at radius 1 is 1.29 bits per heavy atom. The maximum Gasteiger partial charge on any atom is 0.232 e. The van der Waals surface area contributed by atoms with Crippen LogP contribution < -0.4 is 14.8 Å². The minimum atomic E-state index is -3.31. The Morgan fingerprint density at radius 2 is 2.00 bits per heavy atom. The van der Waals surface area contributed by atoms with Crippen molar-refractivity contribution in [3.63, 3.8) is 0 Å². The molecule has 1 aromatic rings. The molecule has 0 bridgehead atoms. The molecule has 0 aliphatic rings. The maximum absolute atomic E-state index is 12.0. The molecule has 0 heterocycles. The third kappa shape index (κ3) is 7.15. The molecule has 2 N–H and O–H groups in total. The SMILES string of the molecule is COc1ccc(NS(=O)(=O)CCCCNC(C)C)cc1Br. The van der Waals surface area contributed by atoms with Crippen LogP contribution in [0.1, 0.15) is 26.7 Å². The van der Waals surface area contributed by atoms with Crippen LogP contribution in [0.25, 0.3) is 0 Å². The molecule has 0 aliphatic carbocycles. The topological polar surface area (TPSA) is 67.4 Å². The second-order valence-electron chi connectivity index (χ2n) is 5.09. The van der Waals surface area contributed by atoms with E-state index in [2.05, 4.69) is 39.8 Å². The molecule has 0 fully saturated rings. The molecule has 0 aliphatic heterocycles. The molecule has 21 heavy (non-hydrogen) atoms. The minimum Gasteiger partial charge on any atom is -0.496 e. The van der Waals surface area contributed by atoms with Gasteiger partial charge in [0.2, 0.25) is 10.0 Å². The quantitative estimate of drug-likeness (QED) is 0.648. The van der Waals surface area contributed by atoms with Crippen molar-refractivity contribution in [2.24, 2.45) is 0 Å². The van der Waals surface area contributed by atoms with Crippen LogP contribution in [0.5, 0.6) is 5.75 Å². The van der Waals surface area contributed by atoms with E-state index in [-0.39, 0.29) is 5.75 Å². The lowest BCUT2D eigenvalue weighted by Crippen LogP contribution is -2.24. The van der Waals surface area contributed by atoms with Crippen LogP contribution >= 0.6 is 15.9 Å². The van der Waals surface area contributed by atoms with E-state index in [1.807, 2.05) is 0 Å². The number of nitrogens with one attached hydrogen (secondary N) is 2. The maximum atomic E-state index is 12.0. The first-order chi connectivity index (χ1) is 9.84. The van der Waals surface area contributed by atoms with Crippen molar-refractivity contribution in [1.82, 2.24) is 5.32 Å². The average molecular weight is 379 g/mol. The number of halogens is 1. The van der Waals surface area contributed by atoms with Gasteiger partial charge in [-0.3, -0.25) is 4.72 Å². The van der Waals surface area contributed by atoms with Gasteiger partial charge in [-0.2, -0.15) is 0 Å². The molecular weight excluding hydrogens is 356 g/mol. The van der Waals surface area contributed by atoms with E-state index in [4.69, 9.17) is 4.74 Å². The fourth-order valence-electron chi connectivity index (χ4n) is 1.77. The summed E-state index contributed by atoms with van der Waals surface area (Å²) in [4.78, 5) is 0. The highest BCUT2D eigenvalue weighted by Crippen LogP contribution is 2.28. The van der Waals surface area contributed by atoms with Gasteiger partial charge in [0.1, 0.15) is 5.75 Å². The van der Waals surface area contributed by atoms with Gasteiger partial charge in [-0.05, 0) is 53.5 Å². The third-order valence-corrected chi connectivity index (χ3v) is 4.81. The standard InChI is InChI=1S/C14H23BrN2O3S/c1-11(2)16-8-4-5-9-21(18,19)17-12-6-7-14(20-3)13(15)10-12/h6-7,10-11,16-17H,4-5,8-9H2,1-3H3. The van der Waals surface area contributed by atoms with Crippen molar-refractivity contribution in [3.8, 4) is 5.75 Å². The van der Waals surface area contributed by atoms with E-state index >= 15 is 0 Å². The predicted molar refractivity (Wildman–Crippen MR) is 90.5 cm³/mol. The summed E-state index contributed by atoms with van der Waals surface area (Å²) in [7, 11) is -1.75. The number of unbranched alkanes of at least 4 members (excludes halogenated alkanes) is 1. The Morgan fingerprint density at radius 3 is 2.57 bits per heavy atom. The van der Waals surface area contributed by atoms with Crippen LogP contribution in [-0.2, 0) is 10.0 Å². The molecular formula is C14H23BrN2O3S. The molecule has 0 radical (unpaired) electrons. The minimum absolute atomic E-state index is 0.121. The number of anilines is 1. The molecule has 0 aromatic heterocycles. The molecule has 7 heteroatoms. The van der Waals surface area contributed by atoms with Gasteiger partial charge in [0, 0.05) is 11.7 Å². The molecule has 0 saturated heterocycles. The van der Waals surface area contributed by atoms with Gasteiger partial charge < -0.3 is 10.1 Å². The first kappa shape index (κ1) is 18.3. The van der Waals surface area contributed by atoms with Crippen LogP contribution in [0, 0.1) is 0 Å². The second kappa shape index (κ2) is 8.60. The van der Waals surface area contributed by atoms with Gasteiger partial charge >= 0.3 is 0 Å². The molecule has 0 unspecified atom stereocenters. The van der Waals surface area contributed by atoms with Gasteiger partial charge in [0.25, 0.3) is 0 Å². The number of benzene rings is 1. The Bertz CT molecular complexity index is 547. The molecule has 0 saturated carbocycles. The summed E-state index contributed by atoms with van der Waals surface area (Å²) < 4.78 is 32.4. The van der Waals surface area contributed by atoms with E-state index in [9.17, 15) is 8.42 Å². The summed E-state index contributed by atoms with van der Waals surface area (Å²) in [5, 5.41) is 3.27. The van der Waals surface area contributed by atoms with Gasteiger partial charge in [-0.15, -0.1) is 0 Å². The van der Waals surface area contributed by atoms with Gasteiger partial charge in [-0.25, -0.2) is 8.42 Å². The Kier molecular flexibility index (Phi) is 7.48. The van der Waals surface area contributed by atoms with Crippen LogP contribution in [0.15, 0.2) is 22.7 Å². The second-order valence-corrected chi connectivity index (χ2v) is 7.78. The zero-order valence-corrected chi connectivity index (χ0v) is 15.1. The highest BCUT2D eigenvalue weighted by atomic mass is 79.9. The zero-order chi connectivity index (χ0) is 15.9. The van der Waals surface area contributed by atoms with Crippen molar-refractivity contribution >= 4 is 31.6 Å². The van der Waals surface area contributed by atoms with E-state index < -0.39 is 10.0 Å². The summed E-state index contributed by atoms with van der Waals surface area (Å²) >= 11 is 3.33. The molecule has 0 amide bonds. The Labute approximate surface area is 135 Å². The van der Waals surface area contributed by atoms with Crippen LogP contribution in [0.4, 0.5) is 5.69 Å².